The molecule has 1 aromatic rings. The zero-order chi connectivity index (χ0) is 13.1. The molecule has 0 atom stereocenters. The molecule has 0 saturated heterocycles. The molecule has 18 heavy (non-hydrogen) atoms. The molecule has 0 aromatic heterocycles. The first kappa shape index (κ1) is 17.9. The van der Waals surface area contributed by atoms with E-state index in [-0.39, 0.29) is 57.1 Å². The van der Waals surface area contributed by atoms with Crippen molar-refractivity contribution in [1.82, 2.24) is 0 Å². The largest absolute Gasteiger partial charge is 1.00 e. The van der Waals surface area contributed by atoms with E-state index in [4.69, 9.17) is 0 Å². The molecule has 0 aliphatic rings. The van der Waals surface area contributed by atoms with Gasteiger partial charge in [-0.1, -0.05) is 13.0 Å². The quantitative estimate of drug-likeness (QED) is 0.432. The van der Waals surface area contributed by atoms with Crippen LogP contribution in [0.25, 0.3) is 0 Å². The Balaban J connectivity index is 0.00000289. The van der Waals surface area contributed by atoms with Crippen LogP contribution in [0.2, 0.25) is 0 Å². The molecule has 0 radical (unpaired) electrons. The number of benzene rings is 1. The van der Waals surface area contributed by atoms with Crippen molar-refractivity contribution in [1.29, 1.82) is 0 Å². The maximum absolute atomic E-state index is 12.0. The second-order valence-corrected chi connectivity index (χ2v) is 3.43. The summed E-state index contributed by atoms with van der Waals surface area (Å²) in [5.41, 5.74) is 0.228. The second kappa shape index (κ2) is 7.49. The summed E-state index contributed by atoms with van der Waals surface area (Å²) in [6.45, 7) is -4.81. The van der Waals surface area contributed by atoms with Crippen LogP contribution in [0, 0.1) is 10.1 Å². The first-order valence-electron chi connectivity index (χ1n) is 4.94. The minimum absolute atomic E-state index is 0. The van der Waals surface area contributed by atoms with Crippen molar-refractivity contribution in [2.45, 2.75) is 13.3 Å². The first-order valence-corrected chi connectivity index (χ1v) is 4.94. The molecule has 9 heteroatoms. The van der Waals surface area contributed by atoms with Crippen LogP contribution in [0.3, 0.4) is 0 Å². The van der Waals surface area contributed by atoms with Crippen LogP contribution in [0.4, 0.5) is 18.6 Å². The predicted molar refractivity (Wildman–Crippen MR) is 57.0 cm³/mol. The Morgan fingerprint density at radius 2 is 2.00 bits per heavy atom. The molecule has 0 spiro atoms. The minimum Gasteiger partial charge on any atom is -0.517 e. The molecular weight excluding hydrogens is 277 g/mol. The van der Waals surface area contributed by atoms with Gasteiger partial charge >= 0.3 is 64.0 Å². The molecule has 1 rings (SSSR count). The third kappa shape index (κ3) is 5.70. The number of hydrogen-bond acceptors (Lipinski definition) is 3. The molecular formula is C9H10BF3KNO3. The van der Waals surface area contributed by atoms with Crippen LogP contribution >= 0.6 is 0 Å². The van der Waals surface area contributed by atoms with Crippen LogP contribution < -0.4 is 56.1 Å². The average molecular weight is 287 g/mol. The number of nitro benzene ring substituents is 1. The van der Waals surface area contributed by atoms with Gasteiger partial charge in [0.15, 0.2) is 5.75 Å². The van der Waals surface area contributed by atoms with Crippen LogP contribution in [0.15, 0.2) is 18.2 Å². The van der Waals surface area contributed by atoms with Gasteiger partial charge in [-0.15, -0.1) is 0 Å². The number of ether oxygens (including phenoxy) is 1. The van der Waals surface area contributed by atoms with E-state index in [0.717, 1.165) is 0 Å². The summed E-state index contributed by atoms with van der Waals surface area (Å²) in [5, 5.41) is 10.7. The van der Waals surface area contributed by atoms with Crippen molar-refractivity contribution in [3.63, 3.8) is 0 Å². The van der Waals surface area contributed by atoms with Gasteiger partial charge in [0.25, 0.3) is 0 Å². The van der Waals surface area contributed by atoms with E-state index in [9.17, 15) is 23.1 Å². The van der Waals surface area contributed by atoms with Crippen molar-refractivity contribution >= 4 is 12.7 Å². The van der Waals surface area contributed by atoms with E-state index in [1.54, 1.807) is 6.92 Å². The third-order valence-corrected chi connectivity index (χ3v) is 2.06. The fraction of sp³-hybridized carbons (Fsp3) is 0.333. The molecule has 0 N–H and O–H groups in total. The maximum Gasteiger partial charge on any atom is 1.00 e. The Kier molecular flexibility index (Phi) is 7.45. The fourth-order valence-electron chi connectivity index (χ4n) is 1.23. The van der Waals surface area contributed by atoms with Crippen LogP contribution in [-0.2, 0) is 6.42 Å². The van der Waals surface area contributed by atoms with Gasteiger partial charge in [-0.05, 0) is 18.1 Å². The van der Waals surface area contributed by atoms with Gasteiger partial charge in [-0.3, -0.25) is 10.1 Å². The molecule has 0 aliphatic heterocycles. The SMILES string of the molecule is CCc1ccc(OC[B-](F)(F)F)c([N+](=O)[O-])c1.[K+]. The summed E-state index contributed by atoms with van der Waals surface area (Å²) in [6.07, 6.45) is 0.560. The molecule has 94 valence electrons. The number of hydrogen-bond donors (Lipinski definition) is 0. The summed E-state index contributed by atoms with van der Waals surface area (Å²) in [5.74, 6) is -0.355. The van der Waals surface area contributed by atoms with E-state index in [0.29, 0.717) is 12.0 Å². The van der Waals surface area contributed by atoms with Gasteiger partial charge in [-0.25, -0.2) is 0 Å². The second-order valence-electron chi connectivity index (χ2n) is 3.43. The maximum atomic E-state index is 12.0. The van der Waals surface area contributed by atoms with Crippen molar-refractivity contribution in [2.24, 2.45) is 0 Å². The summed E-state index contributed by atoms with van der Waals surface area (Å²) in [4.78, 5) is 9.91. The number of aryl methyl sites for hydroxylation is 1. The van der Waals surface area contributed by atoms with E-state index in [1.165, 1.54) is 18.2 Å². The molecule has 0 unspecified atom stereocenters. The topological polar surface area (TPSA) is 52.4 Å². The van der Waals surface area contributed by atoms with Crippen LogP contribution in [0.5, 0.6) is 5.75 Å². The van der Waals surface area contributed by atoms with Gasteiger partial charge in [0.1, 0.15) is 0 Å². The van der Waals surface area contributed by atoms with Gasteiger partial charge in [-0.2, -0.15) is 0 Å². The van der Waals surface area contributed by atoms with Gasteiger partial charge in [0.2, 0.25) is 0 Å². The molecule has 4 nitrogen and oxygen atoms in total. The molecule has 0 aliphatic carbocycles. The summed E-state index contributed by atoms with van der Waals surface area (Å²) in [7, 11) is 0. The summed E-state index contributed by atoms with van der Waals surface area (Å²) < 4.78 is 40.4. The van der Waals surface area contributed by atoms with Gasteiger partial charge < -0.3 is 17.7 Å². The number of nitro groups is 1. The summed E-state index contributed by atoms with van der Waals surface area (Å²) >= 11 is 0. The monoisotopic (exact) mass is 287 g/mol. The Labute approximate surface area is 145 Å². The van der Waals surface area contributed by atoms with Gasteiger partial charge in [0.05, 0.1) is 11.4 Å². The molecule has 0 saturated carbocycles. The number of rotatable bonds is 5. The number of halogens is 3. The Morgan fingerprint density at radius 1 is 1.39 bits per heavy atom. The Hall–Kier alpha value is -0.0887. The minimum atomic E-state index is -5.12. The standard InChI is InChI=1S/C9H10BF3NO3.K/c1-2-7-3-4-9(8(5-7)14(15)16)17-6-10(11,12)13;/h3-5H,2,6H2,1H3;/q-1;+1. The molecule has 0 heterocycles. The molecule has 0 amide bonds. The third-order valence-electron chi connectivity index (χ3n) is 2.06. The van der Waals surface area contributed by atoms with Crippen molar-refractivity contribution in [3.05, 3.63) is 33.9 Å². The zero-order valence-corrected chi connectivity index (χ0v) is 13.2. The molecule has 0 fully saturated rings. The van der Waals surface area contributed by atoms with Crippen molar-refractivity contribution in [3.8, 4) is 5.75 Å². The average Bonchev–Trinajstić information content (AvgIpc) is 2.25. The van der Waals surface area contributed by atoms with Gasteiger partial charge in [0, 0.05) is 6.07 Å². The van der Waals surface area contributed by atoms with E-state index in [2.05, 4.69) is 4.74 Å². The van der Waals surface area contributed by atoms with Crippen molar-refractivity contribution < 1.29 is 74.0 Å². The van der Waals surface area contributed by atoms with E-state index in [1.807, 2.05) is 0 Å². The molecule has 0 bridgehead atoms. The van der Waals surface area contributed by atoms with Crippen LogP contribution in [0.1, 0.15) is 12.5 Å². The Morgan fingerprint density at radius 3 is 2.44 bits per heavy atom. The Bertz CT molecular complexity index is 428. The van der Waals surface area contributed by atoms with Crippen LogP contribution in [-0.4, -0.2) is 18.4 Å². The van der Waals surface area contributed by atoms with E-state index < -0.39 is 24.1 Å². The summed E-state index contributed by atoms with van der Waals surface area (Å²) in [6, 6.07) is 3.92. The van der Waals surface area contributed by atoms with E-state index >= 15 is 0 Å². The zero-order valence-electron chi connectivity index (χ0n) is 10.0. The first-order chi connectivity index (χ1) is 7.83. The smallest absolute Gasteiger partial charge is 0.517 e. The number of nitrogens with zero attached hydrogens (tertiary/aromatic N) is 1. The van der Waals surface area contributed by atoms with Crippen molar-refractivity contribution in [2.75, 3.05) is 6.51 Å². The molecule has 1 aromatic carbocycles. The fourth-order valence-corrected chi connectivity index (χ4v) is 1.23. The predicted octanol–water partition coefficient (Wildman–Crippen LogP) is -0.0734. The normalized spacial score (nSPS) is 10.7.